The molecule has 0 spiro atoms. The van der Waals surface area contributed by atoms with Gasteiger partial charge in [-0.25, -0.2) is 4.39 Å². The number of hydrogen-bond donors (Lipinski definition) is 3. The van der Waals surface area contributed by atoms with E-state index < -0.39 is 11.5 Å². The van der Waals surface area contributed by atoms with E-state index in [1.807, 2.05) is 0 Å². The van der Waals surface area contributed by atoms with Gasteiger partial charge in [0.2, 0.25) is 5.56 Å². The monoisotopic (exact) mass is 725 g/mol. The average Bonchev–Trinajstić information content (AvgIpc) is 3.15. The van der Waals surface area contributed by atoms with Crippen LogP contribution >= 0.6 is 0 Å². The number of H-pyrrole nitrogens is 1. The molecule has 5 heterocycles. The minimum absolute atomic E-state index is 0.0148. The molecule has 2 bridgehead atoms. The number of aliphatic hydroxyl groups excluding tert-OH is 1. The summed E-state index contributed by atoms with van der Waals surface area (Å²) in [7, 11) is 0. The van der Waals surface area contributed by atoms with Gasteiger partial charge >= 0.3 is 5.97 Å². The number of fused-ring (bicyclic) bond motifs is 4. The van der Waals surface area contributed by atoms with Crippen molar-refractivity contribution in [1.82, 2.24) is 14.8 Å². The summed E-state index contributed by atoms with van der Waals surface area (Å²) in [5, 5.41) is 21.5. The van der Waals surface area contributed by atoms with Gasteiger partial charge in [0, 0.05) is 36.7 Å². The first-order valence-corrected chi connectivity index (χ1v) is 18.9. The second kappa shape index (κ2) is 16.1. The van der Waals surface area contributed by atoms with Crippen LogP contribution in [0.25, 0.3) is 10.9 Å². The number of benzene rings is 3. The maximum absolute atomic E-state index is 13.8. The van der Waals surface area contributed by atoms with Crippen LogP contribution in [0.4, 0.5) is 4.39 Å². The van der Waals surface area contributed by atoms with E-state index in [-0.39, 0.29) is 48.2 Å². The van der Waals surface area contributed by atoms with Crippen molar-refractivity contribution in [3.8, 4) is 11.5 Å². The fourth-order valence-electron chi connectivity index (χ4n) is 8.16. The highest BCUT2D eigenvalue weighted by Gasteiger charge is 2.55. The molecule has 4 saturated heterocycles. The van der Waals surface area contributed by atoms with Crippen molar-refractivity contribution in [2.75, 3.05) is 39.3 Å². The molecule has 8 rings (SSSR count). The van der Waals surface area contributed by atoms with Crippen LogP contribution in [-0.4, -0.2) is 82.3 Å². The summed E-state index contributed by atoms with van der Waals surface area (Å²) in [6, 6.07) is 19.3. The summed E-state index contributed by atoms with van der Waals surface area (Å²) in [5.74, 6) is 0.142. The minimum Gasteiger partial charge on any atom is -0.506 e. The summed E-state index contributed by atoms with van der Waals surface area (Å²) in [4.78, 5) is 45.5. The molecule has 1 amide bonds. The van der Waals surface area contributed by atoms with Crippen molar-refractivity contribution in [2.45, 2.75) is 75.4 Å². The number of carbonyl (C=O) groups excluding carboxylic acids is 2. The number of halogens is 1. The van der Waals surface area contributed by atoms with E-state index in [1.165, 1.54) is 24.3 Å². The lowest BCUT2D eigenvalue weighted by atomic mass is 9.73. The first-order valence-electron chi connectivity index (χ1n) is 18.9. The first kappa shape index (κ1) is 36.6. The molecule has 4 fully saturated rings. The lowest BCUT2D eigenvalue weighted by Gasteiger charge is -2.50. The van der Waals surface area contributed by atoms with Gasteiger partial charge in [-0.1, -0.05) is 50.3 Å². The van der Waals surface area contributed by atoms with Crippen molar-refractivity contribution in [3.05, 3.63) is 106 Å². The van der Waals surface area contributed by atoms with E-state index in [2.05, 4.69) is 9.88 Å². The van der Waals surface area contributed by atoms with Crippen molar-refractivity contribution in [3.63, 3.8) is 0 Å². The maximum atomic E-state index is 13.8. The topological polar surface area (TPSA) is 132 Å². The highest BCUT2D eigenvalue weighted by atomic mass is 19.1. The third-order valence-corrected chi connectivity index (χ3v) is 11.4. The Morgan fingerprint density at radius 3 is 2.28 bits per heavy atom. The molecule has 53 heavy (non-hydrogen) atoms. The molecule has 4 aliphatic rings. The van der Waals surface area contributed by atoms with Gasteiger partial charge in [-0.05, 0) is 104 Å². The Bertz CT molecular complexity index is 1950. The molecule has 4 aliphatic heterocycles. The molecule has 10 nitrogen and oxygen atoms in total. The molecule has 11 heteroatoms. The lowest BCUT2D eigenvalue weighted by Crippen LogP contribution is -2.66. The fourth-order valence-corrected chi connectivity index (χ4v) is 8.16. The molecule has 1 aromatic heterocycles. The summed E-state index contributed by atoms with van der Waals surface area (Å²) < 4.78 is 25.9. The number of carbonyl (C=O) groups is 2. The van der Waals surface area contributed by atoms with Crippen LogP contribution in [0.2, 0.25) is 0 Å². The number of aromatic nitrogens is 1. The third-order valence-electron chi connectivity index (χ3n) is 11.4. The number of esters is 1. The van der Waals surface area contributed by atoms with E-state index in [0.29, 0.717) is 52.3 Å². The number of likely N-dealkylation sites (tertiary alicyclic amines) is 1. The number of nitrogens with one attached hydrogen (secondary N) is 1. The predicted octanol–water partition coefficient (Wildman–Crippen LogP) is 6.25. The van der Waals surface area contributed by atoms with Crippen molar-refractivity contribution in [2.24, 2.45) is 5.92 Å². The van der Waals surface area contributed by atoms with Gasteiger partial charge in [0.1, 0.15) is 28.8 Å². The number of aromatic amines is 1. The van der Waals surface area contributed by atoms with Gasteiger partial charge in [-0.2, -0.15) is 0 Å². The third kappa shape index (κ3) is 8.11. The number of nitrogens with zero attached hydrogens (tertiary/aromatic N) is 2. The molecule has 0 radical (unpaired) electrons. The number of hydrogen-bond acceptors (Lipinski definition) is 8. The van der Waals surface area contributed by atoms with Crippen molar-refractivity contribution in [1.29, 1.82) is 0 Å². The number of rotatable bonds is 15. The van der Waals surface area contributed by atoms with E-state index in [1.54, 1.807) is 53.4 Å². The molecule has 280 valence electrons. The van der Waals surface area contributed by atoms with Crippen LogP contribution in [0.15, 0.2) is 77.6 Å². The zero-order chi connectivity index (χ0) is 37.0. The second-order valence-electron chi connectivity index (χ2n) is 14.9. The number of unbranched alkanes of at least 4 members (excludes halogenated alkanes) is 5. The number of amides is 1. The number of piperidine rings is 3. The van der Waals surface area contributed by atoms with E-state index in [4.69, 9.17) is 9.47 Å². The molecule has 3 aromatic carbocycles. The first-order chi connectivity index (χ1) is 25.7. The van der Waals surface area contributed by atoms with Crippen LogP contribution < -0.4 is 10.3 Å². The Morgan fingerprint density at radius 1 is 0.887 bits per heavy atom. The Hall–Kier alpha value is -4.74. The van der Waals surface area contributed by atoms with Gasteiger partial charge in [0.05, 0.1) is 18.2 Å². The predicted molar refractivity (Wildman–Crippen MR) is 198 cm³/mol. The number of phenols is 1. The average molecular weight is 726 g/mol. The van der Waals surface area contributed by atoms with Crippen LogP contribution in [-0.2, 0) is 14.9 Å². The smallest absolute Gasteiger partial charge is 0.320 e. The van der Waals surface area contributed by atoms with Crippen molar-refractivity contribution >= 4 is 22.8 Å². The largest absolute Gasteiger partial charge is 0.506 e. The maximum Gasteiger partial charge on any atom is 0.320 e. The molecular weight excluding hydrogens is 677 g/mol. The normalized spacial score (nSPS) is 20.9. The Kier molecular flexibility index (Phi) is 11.1. The molecule has 4 aromatic rings. The van der Waals surface area contributed by atoms with Gasteiger partial charge in [-0.3, -0.25) is 19.3 Å². The van der Waals surface area contributed by atoms with Gasteiger partial charge in [0.15, 0.2) is 0 Å². The number of aromatic hydroxyl groups is 1. The second-order valence-corrected chi connectivity index (χ2v) is 14.9. The summed E-state index contributed by atoms with van der Waals surface area (Å²) in [5.41, 5.74) is 0.894. The van der Waals surface area contributed by atoms with E-state index in [9.17, 15) is 29.0 Å². The molecule has 0 aliphatic carbocycles. The summed E-state index contributed by atoms with van der Waals surface area (Å²) >= 11 is 0. The fraction of sp³-hybridized carbons (Fsp3) is 0.452. The van der Waals surface area contributed by atoms with Crippen LogP contribution in [0.3, 0.4) is 0 Å². The number of ether oxygens (including phenoxy) is 2. The number of phenolic OH excluding ortho intramolecular Hbond substituents is 1. The minimum atomic E-state index is -1.02. The van der Waals surface area contributed by atoms with E-state index in [0.717, 1.165) is 71.0 Å². The highest BCUT2D eigenvalue weighted by Crippen LogP contribution is 2.39. The highest BCUT2D eigenvalue weighted by molar-refractivity contribution is 5.98. The van der Waals surface area contributed by atoms with Crippen LogP contribution in [0.5, 0.6) is 11.5 Å². The Balaban J connectivity index is 0.822. The molecule has 3 N–H and O–H groups in total. The van der Waals surface area contributed by atoms with Gasteiger partial charge < -0.3 is 29.6 Å². The van der Waals surface area contributed by atoms with Crippen molar-refractivity contribution < 1.29 is 33.7 Å². The number of pyridine rings is 1. The van der Waals surface area contributed by atoms with Crippen LogP contribution in [0, 0.1) is 11.7 Å². The summed E-state index contributed by atoms with van der Waals surface area (Å²) in [6.07, 6.45) is 7.68. The SMILES string of the molecule is O=C(c1ccc(OCCCCCCCC[C@H](O)c2ccc(O)c3[nH]c(=O)ccc23)cc1)N1CC(C(=O)O[C@H]2CN3CCC2CC3)(c2ccc(F)cc2)C1. The lowest BCUT2D eigenvalue weighted by molar-refractivity contribution is -0.171. The Labute approximate surface area is 308 Å². The van der Waals surface area contributed by atoms with Gasteiger partial charge in [-0.15, -0.1) is 0 Å². The molecule has 2 atom stereocenters. The summed E-state index contributed by atoms with van der Waals surface area (Å²) in [6.45, 7) is 3.74. The standard InChI is InChI=1S/C42H48FN3O7/c43-31-12-10-30(11-13-31)42(41(51)53-37-25-45-22-20-28(37)21-23-45)26-46(27-42)40(50)29-8-14-32(15-9-29)52-24-6-4-2-1-3-5-7-35(47)33-16-18-36(48)39-34(33)17-19-38(49)44-39/h8-19,28,35,37,47-48H,1-7,20-27H2,(H,44,49)/t35-,37-/m0/s1. The van der Waals surface area contributed by atoms with Crippen LogP contribution in [0.1, 0.15) is 85.4 Å². The van der Waals surface area contributed by atoms with E-state index >= 15 is 0 Å². The van der Waals surface area contributed by atoms with Gasteiger partial charge in [0.25, 0.3) is 5.91 Å². The molecule has 0 unspecified atom stereocenters. The zero-order valence-electron chi connectivity index (χ0n) is 30.0. The Morgan fingerprint density at radius 2 is 1.58 bits per heavy atom. The zero-order valence-corrected chi connectivity index (χ0v) is 30.0. The molecule has 0 saturated carbocycles. The molecular formula is C42H48FN3O7. The number of aliphatic hydroxyl groups is 1. The quantitative estimate of drug-likeness (QED) is 0.0969.